The molecule has 21 heavy (non-hydrogen) atoms. The van der Waals surface area contributed by atoms with Gasteiger partial charge in [0.25, 0.3) is 0 Å². The standard InChI is InChI=1S/C12H14ClF3N4O/c13-9-6-8(12(14,15)16)7-19-10(9)17-2-3-18-11(21)20-4-1-5-20/h6-7H,1-5H2,(H,17,19)(H,18,21). The highest BCUT2D eigenvalue weighted by Crippen LogP contribution is 2.32. The molecule has 1 aromatic heterocycles. The van der Waals surface area contributed by atoms with Crippen molar-refractivity contribution in [2.75, 3.05) is 31.5 Å². The number of urea groups is 1. The van der Waals surface area contributed by atoms with E-state index in [1.54, 1.807) is 4.90 Å². The van der Waals surface area contributed by atoms with Crippen molar-refractivity contribution < 1.29 is 18.0 Å². The molecule has 0 unspecified atom stereocenters. The maximum atomic E-state index is 12.4. The lowest BCUT2D eigenvalue weighted by molar-refractivity contribution is -0.137. The van der Waals surface area contributed by atoms with Gasteiger partial charge in [-0.25, -0.2) is 9.78 Å². The number of aromatic nitrogens is 1. The maximum Gasteiger partial charge on any atom is 0.417 e. The smallest absolute Gasteiger partial charge is 0.367 e. The molecule has 5 nitrogen and oxygen atoms in total. The molecule has 1 aromatic rings. The Bertz CT molecular complexity index is 520. The minimum Gasteiger partial charge on any atom is -0.367 e. The van der Waals surface area contributed by atoms with Crippen molar-refractivity contribution >= 4 is 23.4 Å². The number of amides is 2. The summed E-state index contributed by atoms with van der Waals surface area (Å²) in [5, 5.41) is 5.35. The highest BCUT2D eigenvalue weighted by atomic mass is 35.5. The van der Waals surface area contributed by atoms with Crippen molar-refractivity contribution in [1.29, 1.82) is 0 Å². The number of halogens is 4. The third-order valence-electron chi connectivity index (χ3n) is 3.01. The maximum absolute atomic E-state index is 12.4. The van der Waals surface area contributed by atoms with Gasteiger partial charge in [-0.2, -0.15) is 13.2 Å². The third kappa shape index (κ3) is 4.13. The Labute approximate surface area is 124 Å². The van der Waals surface area contributed by atoms with E-state index < -0.39 is 11.7 Å². The van der Waals surface area contributed by atoms with Crippen LogP contribution in [0.1, 0.15) is 12.0 Å². The molecule has 0 aromatic carbocycles. The van der Waals surface area contributed by atoms with Gasteiger partial charge in [0.15, 0.2) is 0 Å². The second-order valence-corrected chi connectivity index (χ2v) is 4.96. The molecule has 116 valence electrons. The number of likely N-dealkylation sites (tertiary alicyclic amines) is 1. The van der Waals surface area contributed by atoms with E-state index >= 15 is 0 Å². The molecule has 0 radical (unpaired) electrons. The summed E-state index contributed by atoms with van der Waals surface area (Å²) in [6.07, 6.45) is -2.75. The van der Waals surface area contributed by atoms with Gasteiger partial charge in [-0.3, -0.25) is 0 Å². The molecule has 2 N–H and O–H groups in total. The Morgan fingerprint density at radius 2 is 2.10 bits per heavy atom. The number of nitrogens with one attached hydrogen (secondary N) is 2. The van der Waals surface area contributed by atoms with Gasteiger partial charge in [0, 0.05) is 32.4 Å². The highest BCUT2D eigenvalue weighted by molar-refractivity contribution is 6.32. The molecule has 0 bridgehead atoms. The van der Waals surface area contributed by atoms with Crippen LogP contribution in [-0.4, -0.2) is 42.1 Å². The number of rotatable bonds is 4. The minimum atomic E-state index is -4.47. The molecule has 1 aliphatic rings. The quantitative estimate of drug-likeness (QED) is 0.838. The van der Waals surface area contributed by atoms with E-state index in [1.165, 1.54) is 0 Å². The molecular formula is C12H14ClF3N4O. The largest absolute Gasteiger partial charge is 0.417 e. The lowest BCUT2D eigenvalue weighted by Crippen LogP contribution is -2.48. The van der Waals surface area contributed by atoms with Crippen molar-refractivity contribution in [3.8, 4) is 0 Å². The predicted molar refractivity (Wildman–Crippen MR) is 72.3 cm³/mol. The van der Waals surface area contributed by atoms with Crippen molar-refractivity contribution in [3.63, 3.8) is 0 Å². The fourth-order valence-electron chi connectivity index (χ4n) is 1.70. The molecule has 0 saturated carbocycles. The second-order valence-electron chi connectivity index (χ2n) is 4.55. The molecule has 1 saturated heterocycles. The summed E-state index contributed by atoms with van der Waals surface area (Å²) in [7, 11) is 0. The molecule has 0 aliphatic carbocycles. The average Bonchev–Trinajstić information content (AvgIpc) is 2.32. The first-order valence-electron chi connectivity index (χ1n) is 6.37. The number of hydrogen-bond donors (Lipinski definition) is 2. The van der Waals surface area contributed by atoms with Gasteiger partial charge < -0.3 is 15.5 Å². The second kappa shape index (κ2) is 6.38. The minimum absolute atomic E-state index is 0.112. The summed E-state index contributed by atoms with van der Waals surface area (Å²) in [5.74, 6) is 0.155. The molecule has 1 aliphatic heterocycles. The monoisotopic (exact) mass is 322 g/mol. The Morgan fingerprint density at radius 1 is 1.38 bits per heavy atom. The first-order valence-corrected chi connectivity index (χ1v) is 6.75. The summed E-state index contributed by atoms with van der Waals surface area (Å²) < 4.78 is 37.3. The van der Waals surface area contributed by atoms with Crippen molar-refractivity contribution in [3.05, 3.63) is 22.8 Å². The van der Waals surface area contributed by atoms with Crippen molar-refractivity contribution in [1.82, 2.24) is 15.2 Å². The zero-order chi connectivity index (χ0) is 15.5. The van der Waals surface area contributed by atoms with Gasteiger partial charge in [-0.1, -0.05) is 11.6 Å². The van der Waals surface area contributed by atoms with Gasteiger partial charge in [-0.15, -0.1) is 0 Å². The van der Waals surface area contributed by atoms with Gasteiger partial charge >= 0.3 is 12.2 Å². The van der Waals surface area contributed by atoms with E-state index in [4.69, 9.17) is 11.6 Å². The first kappa shape index (κ1) is 15.7. The molecular weight excluding hydrogens is 309 g/mol. The molecule has 0 atom stereocenters. The van der Waals surface area contributed by atoms with Gasteiger partial charge in [0.2, 0.25) is 0 Å². The number of hydrogen-bond acceptors (Lipinski definition) is 3. The van der Waals surface area contributed by atoms with E-state index in [2.05, 4.69) is 15.6 Å². The number of carbonyl (C=O) groups excluding carboxylic acids is 1. The van der Waals surface area contributed by atoms with E-state index in [1.807, 2.05) is 0 Å². The molecule has 2 rings (SSSR count). The topological polar surface area (TPSA) is 57.3 Å². The SMILES string of the molecule is O=C(NCCNc1ncc(C(F)(F)F)cc1Cl)N1CCC1. The van der Waals surface area contributed by atoms with Crippen LogP contribution < -0.4 is 10.6 Å². The van der Waals surface area contributed by atoms with Crippen LogP contribution in [-0.2, 0) is 6.18 Å². The fraction of sp³-hybridized carbons (Fsp3) is 0.500. The van der Waals surface area contributed by atoms with E-state index in [-0.39, 0.29) is 16.9 Å². The van der Waals surface area contributed by atoms with Crippen LogP contribution in [0.5, 0.6) is 0 Å². The van der Waals surface area contributed by atoms with Gasteiger partial charge in [0.1, 0.15) is 5.82 Å². The lowest BCUT2D eigenvalue weighted by atomic mass is 10.2. The summed E-state index contributed by atoms with van der Waals surface area (Å²) in [6, 6.07) is 0.671. The summed E-state index contributed by atoms with van der Waals surface area (Å²) in [6.45, 7) is 2.16. The summed E-state index contributed by atoms with van der Waals surface area (Å²) in [5.41, 5.74) is -0.899. The van der Waals surface area contributed by atoms with Crippen molar-refractivity contribution in [2.45, 2.75) is 12.6 Å². The van der Waals surface area contributed by atoms with Crippen LogP contribution in [0, 0.1) is 0 Å². The lowest BCUT2D eigenvalue weighted by Gasteiger charge is -2.30. The molecule has 0 spiro atoms. The van der Waals surface area contributed by atoms with Crippen LogP contribution in [0.3, 0.4) is 0 Å². The van der Waals surface area contributed by atoms with Crippen LogP contribution in [0.4, 0.5) is 23.8 Å². The number of alkyl halides is 3. The number of nitrogens with zero attached hydrogens (tertiary/aromatic N) is 2. The number of pyridine rings is 1. The first-order chi connectivity index (χ1) is 9.88. The molecule has 1 fully saturated rings. The number of carbonyl (C=O) groups is 1. The van der Waals surface area contributed by atoms with Crippen molar-refractivity contribution in [2.24, 2.45) is 0 Å². The summed E-state index contributed by atoms with van der Waals surface area (Å²) in [4.78, 5) is 16.8. The average molecular weight is 323 g/mol. The fourth-order valence-corrected chi connectivity index (χ4v) is 1.94. The zero-order valence-electron chi connectivity index (χ0n) is 11.0. The van der Waals surface area contributed by atoms with Crippen LogP contribution in [0.15, 0.2) is 12.3 Å². The van der Waals surface area contributed by atoms with E-state index in [9.17, 15) is 18.0 Å². The third-order valence-corrected chi connectivity index (χ3v) is 3.29. The Kier molecular flexibility index (Phi) is 4.76. The zero-order valence-corrected chi connectivity index (χ0v) is 11.8. The van der Waals surface area contributed by atoms with Gasteiger partial charge in [-0.05, 0) is 12.5 Å². The highest BCUT2D eigenvalue weighted by Gasteiger charge is 2.31. The van der Waals surface area contributed by atoms with E-state index in [0.29, 0.717) is 19.3 Å². The Balaban J connectivity index is 1.79. The Hall–Kier alpha value is -1.70. The van der Waals surface area contributed by atoms with Crippen LogP contribution in [0.2, 0.25) is 5.02 Å². The summed E-state index contributed by atoms with van der Waals surface area (Å²) >= 11 is 5.74. The Morgan fingerprint density at radius 3 is 2.62 bits per heavy atom. The normalized spacial score (nSPS) is 14.6. The molecule has 2 heterocycles. The van der Waals surface area contributed by atoms with Crippen LogP contribution in [0.25, 0.3) is 0 Å². The van der Waals surface area contributed by atoms with E-state index in [0.717, 1.165) is 25.6 Å². The van der Waals surface area contributed by atoms with Crippen LogP contribution >= 0.6 is 11.6 Å². The number of anilines is 1. The predicted octanol–water partition coefficient (Wildman–Crippen LogP) is 2.58. The molecule has 9 heteroatoms. The molecule has 2 amide bonds. The van der Waals surface area contributed by atoms with Gasteiger partial charge in [0.05, 0.1) is 10.6 Å².